The zero-order valence-electron chi connectivity index (χ0n) is 21.5. The van der Waals surface area contributed by atoms with Gasteiger partial charge < -0.3 is 18.9 Å². The molecule has 0 aromatic heterocycles. The van der Waals surface area contributed by atoms with Gasteiger partial charge in [0, 0.05) is 6.42 Å². The van der Waals surface area contributed by atoms with Crippen molar-refractivity contribution in [2.24, 2.45) is 0 Å². The van der Waals surface area contributed by atoms with Gasteiger partial charge in [-0.1, -0.05) is 72.8 Å². The minimum atomic E-state index is -0.487. The lowest BCUT2D eigenvalue weighted by atomic mass is 9.67. The molecular formula is C35H28O4. The van der Waals surface area contributed by atoms with Crippen molar-refractivity contribution in [3.63, 3.8) is 0 Å². The largest absolute Gasteiger partial charge is 0.491 e. The maximum Gasteiger partial charge on any atom is 0.202 e. The van der Waals surface area contributed by atoms with Gasteiger partial charge in [-0.15, -0.1) is 0 Å². The Morgan fingerprint density at radius 2 is 1.31 bits per heavy atom. The summed E-state index contributed by atoms with van der Waals surface area (Å²) in [5.74, 6) is 1.69. The minimum Gasteiger partial charge on any atom is -0.491 e. The van der Waals surface area contributed by atoms with E-state index in [1.54, 1.807) is 0 Å². The lowest BCUT2D eigenvalue weighted by Gasteiger charge is -2.34. The van der Waals surface area contributed by atoms with Gasteiger partial charge in [-0.2, -0.15) is 0 Å². The Kier molecular flexibility index (Phi) is 5.25. The molecule has 192 valence electrons. The smallest absolute Gasteiger partial charge is 0.202 e. The Balaban J connectivity index is 1.33. The normalized spacial score (nSPS) is 22.6. The van der Waals surface area contributed by atoms with Crippen molar-refractivity contribution in [3.05, 3.63) is 131 Å². The lowest BCUT2D eigenvalue weighted by Crippen LogP contribution is -2.32. The van der Waals surface area contributed by atoms with Gasteiger partial charge in [0.1, 0.15) is 24.2 Å². The molecule has 3 aliphatic rings. The first-order valence-corrected chi connectivity index (χ1v) is 13.7. The van der Waals surface area contributed by atoms with Crippen LogP contribution in [0.25, 0.3) is 21.9 Å². The van der Waals surface area contributed by atoms with Crippen molar-refractivity contribution in [1.29, 1.82) is 0 Å². The van der Waals surface area contributed by atoms with Gasteiger partial charge in [-0.25, -0.2) is 0 Å². The molecule has 1 aliphatic carbocycles. The molecule has 8 rings (SSSR count). The molecule has 39 heavy (non-hydrogen) atoms. The summed E-state index contributed by atoms with van der Waals surface area (Å²) in [7, 11) is 0. The second-order valence-corrected chi connectivity index (χ2v) is 10.6. The third kappa shape index (κ3) is 3.75. The fourth-order valence-corrected chi connectivity index (χ4v) is 6.15. The van der Waals surface area contributed by atoms with E-state index in [4.69, 9.17) is 18.9 Å². The van der Waals surface area contributed by atoms with Crippen LogP contribution in [0.2, 0.25) is 0 Å². The number of benzene rings is 5. The van der Waals surface area contributed by atoms with Crippen LogP contribution in [0.4, 0.5) is 0 Å². The minimum absolute atomic E-state index is 0.141. The molecule has 5 aromatic carbocycles. The zero-order chi connectivity index (χ0) is 25.8. The van der Waals surface area contributed by atoms with Crippen LogP contribution in [0.1, 0.15) is 28.7 Å². The van der Waals surface area contributed by atoms with Crippen molar-refractivity contribution in [1.82, 2.24) is 0 Å². The topological polar surface area (TPSA) is 40.2 Å². The van der Waals surface area contributed by atoms with Gasteiger partial charge in [-0.3, -0.25) is 0 Å². The molecule has 2 fully saturated rings. The van der Waals surface area contributed by atoms with Gasteiger partial charge in [-0.05, 0) is 80.6 Å². The van der Waals surface area contributed by atoms with Crippen LogP contribution in [-0.2, 0) is 14.9 Å². The maximum absolute atomic E-state index is 6.02. The van der Waals surface area contributed by atoms with Gasteiger partial charge in [0.05, 0.1) is 18.6 Å². The number of fused-ring (bicyclic) bond motifs is 4. The van der Waals surface area contributed by atoms with E-state index in [1.165, 1.54) is 44.2 Å². The van der Waals surface area contributed by atoms with Crippen LogP contribution in [0, 0.1) is 0 Å². The monoisotopic (exact) mass is 512 g/mol. The Morgan fingerprint density at radius 1 is 0.667 bits per heavy atom. The molecule has 0 amide bonds. The van der Waals surface area contributed by atoms with E-state index >= 15 is 0 Å². The van der Waals surface area contributed by atoms with Crippen LogP contribution < -0.4 is 9.47 Å². The van der Waals surface area contributed by atoms with E-state index in [-0.39, 0.29) is 12.4 Å². The Labute approximate surface area is 227 Å². The highest BCUT2D eigenvalue weighted by Gasteiger charge is 2.46. The molecule has 0 radical (unpaired) electrons. The molecule has 3 unspecified atom stereocenters. The summed E-state index contributed by atoms with van der Waals surface area (Å²) in [5, 5.41) is 2.48. The van der Waals surface area contributed by atoms with Crippen molar-refractivity contribution < 1.29 is 18.9 Å². The van der Waals surface area contributed by atoms with Crippen molar-refractivity contribution in [2.75, 3.05) is 19.8 Å². The van der Waals surface area contributed by atoms with Crippen molar-refractivity contribution in [3.8, 4) is 22.6 Å². The summed E-state index contributed by atoms with van der Waals surface area (Å²) in [4.78, 5) is 0. The van der Waals surface area contributed by atoms with Crippen molar-refractivity contribution in [2.45, 2.75) is 24.2 Å². The van der Waals surface area contributed by atoms with Crippen LogP contribution in [-0.4, -0.2) is 32.2 Å². The quantitative estimate of drug-likeness (QED) is 0.214. The highest BCUT2D eigenvalue weighted by atomic mass is 16.7. The van der Waals surface area contributed by atoms with E-state index in [1.807, 2.05) is 0 Å². The van der Waals surface area contributed by atoms with Gasteiger partial charge in [0.15, 0.2) is 0 Å². The first-order valence-electron chi connectivity index (χ1n) is 13.7. The summed E-state index contributed by atoms with van der Waals surface area (Å²) in [5.41, 5.74) is 7.04. The lowest BCUT2D eigenvalue weighted by molar-refractivity contribution is -0.165. The fraction of sp³-hybridized carbons (Fsp3) is 0.200. The highest BCUT2D eigenvalue weighted by molar-refractivity contribution is 5.95. The molecule has 5 aromatic rings. The van der Waals surface area contributed by atoms with Gasteiger partial charge in [0.2, 0.25) is 6.29 Å². The number of ether oxygens (including phenoxy) is 4. The third-order valence-corrected chi connectivity index (χ3v) is 8.25. The summed E-state index contributed by atoms with van der Waals surface area (Å²) < 4.78 is 22.8. The maximum atomic E-state index is 6.02. The van der Waals surface area contributed by atoms with Crippen molar-refractivity contribution >= 4 is 10.8 Å². The van der Waals surface area contributed by atoms with Crippen LogP contribution in [0.5, 0.6) is 11.5 Å². The summed E-state index contributed by atoms with van der Waals surface area (Å²) >= 11 is 0. The van der Waals surface area contributed by atoms with Gasteiger partial charge >= 0.3 is 0 Å². The predicted molar refractivity (Wildman–Crippen MR) is 151 cm³/mol. The molecule has 0 N–H and O–H groups in total. The molecule has 2 saturated heterocycles. The van der Waals surface area contributed by atoms with E-state index in [9.17, 15) is 0 Å². The molecular weight excluding hydrogens is 484 g/mol. The van der Waals surface area contributed by atoms with Crippen LogP contribution in [0.3, 0.4) is 0 Å². The zero-order valence-corrected chi connectivity index (χ0v) is 21.5. The fourth-order valence-electron chi connectivity index (χ4n) is 6.15. The first-order chi connectivity index (χ1) is 19.3. The molecule has 4 nitrogen and oxygen atoms in total. The second-order valence-electron chi connectivity index (χ2n) is 10.6. The average Bonchev–Trinajstić information content (AvgIpc) is 3.76. The first kappa shape index (κ1) is 22.8. The SMILES string of the molecule is c1ccc2c(c1)-c1cc3ccccc3cc1C2(c1ccc(OCC2CO2)cc1)c1ccc(OC2CCO2)cc1. The third-order valence-electron chi connectivity index (χ3n) is 8.25. The van der Waals surface area contributed by atoms with E-state index in [0.717, 1.165) is 31.1 Å². The number of hydrogen-bond donors (Lipinski definition) is 0. The predicted octanol–water partition coefficient (Wildman–Crippen LogP) is 7.11. The Morgan fingerprint density at radius 3 is 1.97 bits per heavy atom. The molecule has 0 saturated carbocycles. The Bertz CT molecular complexity index is 1670. The molecule has 0 spiro atoms. The molecule has 3 atom stereocenters. The van der Waals surface area contributed by atoms with E-state index in [2.05, 4.69) is 109 Å². The van der Waals surface area contributed by atoms with E-state index in [0.29, 0.717) is 6.61 Å². The molecule has 2 aliphatic heterocycles. The van der Waals surface area contributed by atoms with Crippen LogP contribution >= 0.6 is 0 Å². The van der Waals surface area contributed by atoms with Gasteiger partial charge in [0.25, 0.3) is 0 Å². The Hall–Kier alpha value is -4.12. The molecule has 2 heterocycles. The second kappa shape index (κ2) is 8.98. The standard InChI is InChI=1S/C35H28O4/c1-2-6-24-20-33-31(19-23(24)5-1)30-7-3-4-8-32(30)35(33,25-9-13-27(14-10-25)37-21-29-22-38-29)26-11-15-28(16-12-26)39-34-17-18-36-34/h1-16,19-20,29,34H,17-18,21-22H2. The number of epoxide rings is 1. The van der Waals surface area contributed by atoms with E-state index < -0.39 is 5.41 Å². The molecule has 0 bridgehead atoms. The average molecular weight is 513 g/mol. The summed E-state index contributed by atoms with van der Waals surface area (Å²) in [6.07, 6.45) is 1.02. The highest BCUT2D eigenvalue weighted by Crippen LogP contribution is 2.57. The molecule has 4 heteroatoms. The number of rotatable bonds is 7. The van der Waals surface area contributed by atoms with Crippen LogP contribution in [0.15, 0.2) is 109 Å². The number of hydrogen-bond acceptors (Lipinski definition) is 4. The summed E-state index contributed by atoms with van der Waals surface area (Å²) in [6.45, 7) is 2.14. The summed E-state index contributed by atoms with van der Waals surface area (Å²) in [6, 6.07) is 39.4.